The molecule has 0 saturated heterocycles. The van der Waals surface area contributed by atoms with Crippen molar-refractivity contribution in [1.82, 2.24) is 0 Å². The molecular formula is C30H30O3. The monoisotopic (exact) mass is 438 g/mol. The van der Waals surface area contributed by atoms with E-state index in [9.17, 15) is 0 Å². The summed E-state index contributed by atoms with van der Waals surface area (Å²) < 4.78 is 18.2. The zero-order valence-electron chi connectivity index (χ0n) is 19.0. The quantitative estimate of drug-likeness (QED) is 0.244. The van der Waals surface area contributed by atoms with Gasteiger partial charge >= 0.3 is 0 Å². The van der Waals surface area contributed by atoms with E-state index in [4.69, 9.17) is 14.2 Å². The lowest BCUT2D eigenvalue weighted by molar-refractivity contribution is 0.283. The van der Waals surface area contributed by atoms with Gasteiger partial charge in [0.25, 0.3) is 0 Å². The topological polar surface area (TPSA) is 27.7 Å². The van der Waals surface area contributed by atoms with Crippen LogP contribution in [0, 0.1) is 0 Å². The van der Waals surface area contributed by atoms with Crippen LogP contribution in [0.4, 0.5) is 0 Å². The molecule has 0 amide bonds. The van der Waals surface area contributed by atoms with Crippen LogP contribution in [0.2, 0.25) is 0 Å². The lowest BCUT2D eigenvalue weighted by Gasteiger charge is -2.19. The zero-order valence-corrected chi connectivity index (χ0v) is 19.0. The molecule has 3 nitrogen and oxygen atoms in total. The molecule has 4 aromatic carbocycles. The number of ether oxygens (including phenoxy) is 3. The predicted molar refractivity (Wildman–Crippen MR) is 133 cm³/mol. The summed E-state index contributed by atoms with van der Waals surface area (Å²) in [7, 11) is 0. The fourth-order valence-electron chi connectivity index (χ4n) is 3.63. The van der Waals surface area contributed by atoms with Crippen LogP contribution in [0.5, 0.6) is 17.2 Å². The van der Waals surface area contributed by atoms with Gasteiger partial charge in [-0.25, -0.2) is 0 Å². The van der Waals surface area contributed by atoms with Crippen molar-refractivity contribution < 1.29 is 14.2 Å². The first-order valence-electron chi connectivity index (χ1n) is 11.4. The number of rotatable bonds is 11. The maximum Gasteiger partial charge on any atom is 0.123 e. The Morgan fingerprint density at radius 2 is 1.15 bits per heavy atom. The Balaban J connectivity index is 1.45. The molecule has 168 valence electrons. The van der Waals surface area contributed by atoms with E-state index < -0.39 is 0 Å². The average Bonchev–Trinajstić information content (AvgIpc) is 2.88. The average molecular weight is 439 g/mol. The molecule has 1 unspecified atom stereocenters. The number of hydrogen-bond acceptors (Lipinski definition) is 3. The molecule has 0 heterocycles. The van der Waals surface area contributed by atoms with Crippen molar-refractivity contribution in [3.05, 3.63) is 126 Å². The van der Waals surface area contributed by atoms with E-state index >= 15 is 0 Å². The summed E-state index contributed by atoms with van der Waals surface area (Å²) >= 11 is 0. The van der Waals surface area contributed by atoms with Gasteiger partial charge in [0.2, 0.25) is 0 Å². The van der Waals surface area contributed by atoms with Crippen LogP contribution in [-0.4, -0.2) is 6.61 Å². The van der Waals surface area contributed by atoms with Gasteiger partial charge in [-0.1, -0.05) is 85.8 Å². The van der Waals surface area contributed by atoms with Crippen molar-refractivity contribution in [1.29, 1.82) is 0 Å². The highest BCUT2D eigenvalue weighted by atomic mass is 16.5. The summed E-state index contributed by atoms with van der Waals surface area (Å²) in [5.41, 5.74) is 3.42. The Morgan fingerprint density at radius 1 is 0.576 bits per heavy atom. The van der Waals surface area contributed by atoms with Gasteiger partial charge in [-0.2, -0.15) is 0 Å². The van der Waals surface area contributed by atoms with Crippen LogP contribution in [-0.2, 0) is 13.2 Å². The van der Waals surface area contributed by atoms with Gasteiger partial charge < -0.3 is 14.2 Å². The summed E-state index contributed by atoms with van der Waals surface area (Å²) in [4.78, 5) is 0. The third kappa shape index (κ3) is 6.88. The maximum absolute atomic E-state index is 6.23. The van der Waals surface area contributed by atoms with Crippen LogP contribution in [0.1, 0.15) is 36.0 Å². The van der Waals surface area contributed by atoms with Gasteiger partial charge in [0.05, 0.1) is 6.61 Å². The predicted octanol–water partition coefficient (Wildman–Crippen LogP) is 7.42. The van der Waals surface area contributed by atoms with Crippen molar-refractivity contribution in [3.63, 3.8) is 0 Å². The van der Waals surface area contributed by atoms with Crippen LogP contribution >= 0.6 is 0 Å². The Kier molecular flexibility index (Phi) is 8.02. The lowest BCUT2D eigenvalue weighted by Crippen LogP contribution is -2.06. The summed E-state index contributed by atoms with van der Waals surface area (Å²) in [6.07, 6.45) is 0.874. The number of hydrogen-bond donors (Lipinski definition) is 0. The van der Waals surface area contributed by atoms with Gasteiger partial charge in [0.1, 0.15) is 30.5 Å². The van der Waals surface area contributed by atoms with Gasteiger partial charge in [0, 0.05) is 5.56 Å². The molecule has 0 bridgehead atoms. The van der Waals surface area contributed by atoms with Crippen molar-refractivity contribution in [2.45, 2.75) is 32.5 Å². The molecule has 0 spiro atoms. The van der Waals surface area contributed by atoms with Gasteiger partial charge in [-0.15, -0.1) is 0 Å². The highest BCUT2D eigenvalue weighted by molar-refractivity contribution is 5.42. The fraction of sp³-hybridized carbons (Fsp3) is 0.200. The highest BCUT2D eigenvalue weighted by Gasteiger charge is 2.14. The van der Waals surface area contributed by atoms with E-state index in [1.165, 1.54) is 0 Å². The second-order valence-corrected chi connectivity index (χ2v) is 8.10. The van der Waals surface area contributed by atoms with Crippen molar-refractivity contribution >= 4 is 0 Å². The molecule has 3 heteroatoms. The third-order valence-corrected chi connectivity index (χ3v) is 5.56. The van der Waals surface area contributed by atoms with E-state index in [2.05, 4.69) is 37.3 Å². The molecule has 4 aromatic rings. The minimum atomic E-state index is 0.250. The first-order valence-corrected chi connectivity index (χ1v) is 11.4. The zero-order chi connectivity index (χ0) is 22.7. The highest BCUT2D eigenvalue weighted by Crippen LogP contribution is 2.33. The molecule has 0 aromatic heterocycles. The standard InChI is InChI=1S/C30H30O3/c1-24(19-20-31-27-15-9-4-10-16-27)29-21-28(32-22-25-11-5-2-6-12-25)17-18-30(29)33-23-26-13-7-3-8-14-26/h2-18,21,24H,19-20,22-23H2,1H3. The maximum atomic E-state index is 6.23. The minimum Gasteiger partial charge on any atom is -0.494 e. The molecule has 0 radical (unpaired) electrons. The largest absolute Gasteiger partial charge is 0.494 e. The van der Waals surface area contributed by atoms with Crippen LogP contribution in [0.3, 0.4) is 0 Å². The summed E-state index contributed by atoms with van der Waals surface area (Å²) in [6.45, 7) is 3.92. The lowest BCUT2D eigenvalue weighted by atomic mass is 9.97. The molecule has 1 atom stereocenters. The van der Waals surface area contributed by atoms with Crippen molar-refractivity contribution in [2.24, 2.45) is 0 Å². The van der Waals surface area contributed by atoms with Crippen molar-refractivity contribution in [2.75, 3.05) is 6.61 Å². The van der Waals surface area contributed by atoms with Gasteiger partial charge in [0.15, 0.2) is 0 Å². The molecule has 0 fully saturated rings. The molecule has 0 aliphatic carbocycles. The molecular weight excluding hydrogens is 408 g/mol. The normalized spacial score (nSPS) is 11.5. The van der Waals surface area contributed by atoms with Gasteiger partial charge in [-0.05, 0) is 53.8 Å². The molecule has 4 rings (SSSR count). The second-order valence-electron chi connectivity index (χ2n) is 8.10. The first kappa shape index (κ1) is 22.5. The third-order valence-electron chi connectivity index (χ3n) is 5.56. The van der Waals surface area contributed by atoms with Crippen molar-refractivity contribution in [3.8, 4) is 17.2 Å². The number of benzene rings is 4. The second kappa shape index (κ2) is 11.8. The summed E-state index contributed by atoms with van der Waals surface area (Å²) in [6, 6.07) is 36.5. The van der Waals surface area contributed by atoms with E-state index in [1.54, 1.807) is 0 Å². The molecule has 0 aliphatic heterocycles. The summed E-state index contributed by atoms with van der Waals surface area (Å²) in [5.74, 6) is 2.87. The van der Waals surface area contributed by atoms with Crippen LogP contribution in [0.25, 0.3) is 0 Å². The molecule has 0 aliphatic rings. The molecule has 33 heavy (non-hydrogen) atoms. The minimum absolute atomic E-state index is 0.250. The molecule has 0 N–H and O–H groups in total. The fourth-order valence-corrected chi connectivity index (χ4v) is 3.63. The first-order chi connectivity index (χ1) is 16.3. The van der Waals surface area contributed by atoms with E-state index in [0.717, 1.165) is 40.4 Å². The molecule has 0 saturated carbocycles. The van der Waals surface area contributed by atoms with E-state index in [1.807, 2.05) is 78.9 Å². The SMILES string of the molecule is CC(CCOc1ccccc1)c1cc(OCc2ccccc2)ccc1OCc1ccccc1. The van der Waals surface area contributed by atoms with Crippen LogP contribution in [0.15, 0.2) is 109 Å². The number of para-hydroxylation sites is 1. The van der Waals surface area contributed by atoms with Gasteiger partial charge in [-0.3, -0.25) is 0 Å². The van der Waals surface area contributed by atoms with Crippen LogP contribution < -0.4 is 14.2 Å². The smallest absolute Gasteiger partial charge is 0.123 e. The Labute approximate surface area is 196 Å². The summed E-state index contributed by atoms with van der Waals surface area (Å²) in [5, 5.41) is 0. The van der Waals surface area contributed by atoms with E-state index in [-0.39, 0.29) is 5.92 Å². The Hall–Kier alpha value is -3.72. The Morgan fingerprint density at radius 3 is 1.79 bits per heavy atom. The Bertz CT molecular complexity index is 1100. The van der Waals surface area contributed by atoms with E-state index in [0.29, 0.717) is 19.8 Å².